The second-order valence-corrected chi connectivity index (χ2v) is 4.40. The minimum absolute atomic E-state index is 0.267. The molecule has 0 bridgehead atoms. The van der Waals surface area contributed by atoms with Gasteiger partial charge in [0, 0.05) is 45.0 Å². The lowest BCUT2D eigenvalue weighted by molar-refractivity contribution is -0.127. The third-order valence-corrected chi connectivity index (χ3v) is 3.00. The van der Waals surface area contributed by atoms with Crippen LogP contribution >= 0.6 is 0 Å². The molecule has 0 unspecified atom stereocenters. The molecule has 0 saturated carbocycles. The van der Waals surface area contributed by atoms with Gasteiger partial charge in [0.15, 0.2) is 0 Å². The van der Waals surface area contributed by atoms with E-state index < -0.39 is 0 Å². The van der Waals surface area contributed by atoms with Crippen molar-refractivity contribution >= 4 is 11.9 Å². The topological polar surface area (TPSA) is 49.3 Å². The second kappa shape index (κ2) is 5.12. The Morgan fingerprint density at radius 1 is 1.53 bits per heavy atom. The quantitative estimate of drug-likeness (QED) is 0.774. The number of aryl methyl sites for hydroxylation is 1. The zero-order chi connectivity index (χ0) is 12.3. The molecule has 17 heavy (non-hydrogen) atoms. The number of anilines is 1. The first-order valence-electron chi connectivity index (χ1n) is 5.95. The molecule has 1 aliphatic heterocycles. The molecule has 0 spiro atoms. The highest BCUT2D eigenvalue weighted by molar-refractivity contribution is 5.78. The average molecular weight is 234 g/mol. The Hall–Kier alpha value is -1.65. The number of carbonyl (C=O) groups excluding carboxylic acids is 1. The maximum atomic E-state index is 11.5. The number of hydrogen-bond donors (Lipinski definition) is 0. The van der Waals surface area contributed by atoms with Crippen molar-refractivity contribution < 1.29 is 4.79 Å². The third-order valence-electron chi connectivity index (χ3n) is 3.00. The van der Waals surface area contributed by atoms with Crippen molar-refractivity contribution in [1.82, 2.24) is 14.9 Å². The fourth-order valence-corrected chi connectivity index (χ4v) is 1.93. The van der Waals surface area contributed by atoms with Gasteiger partial charge in [-0.3, -0.25) is 4.79 Å². The van der Waals surface area contributed by atoms with Crippen LogP contribution in [0.25, 0.3) is 0 Å². The van der Waals surface area contributed by atoms with Gasteiger partial charge < -0.3 is 9.80 Å². The van der Waals surface area contributed by atoms with Crippen molar-refractivity contribution in [3.63, 3.8) is 0 Å². The van der Waals surface area contributed by atoms with Crippen LogP contribution in [0.1, 0.15) is 18.5 Å². The van der Waals surface area contributed by atoms with E-state index >= 15 is 0 Å². The molecule has 0 aromatic carbocycles. The van der Waals surface area contributed by atoms with Crippen LogP contribution in [0.5, 0.6) is 0 Å². The molecule has 0 radical (unpaired) electrons. The number of rotatable bonds is 4. The normalized spacial score (nSPS) is 15.4. The van der Waals surface area contributed by atoms with Gasteiger partial charge in [0.25, 0.3) is 0 Å². The predicted molar refractivity (Wildman–Crippen MR) is 65.9 cm³/mol. The van der Waals surface area contributed by atoms with E-state index in [0.29, 0.717) is 6.42 Å². The maximum Gasteiger partial charge on any atom is 0.225 e. The van der Waals surface area contributed by atoms with E-state index in [1.54, 1.807) is 6.20 Å². The molecule has 0 N–H and O–H groups in total. The molecule has 1 aromatic rings. The van der Waals surface area contributed by atoms with Gasteiger partial charge in [-0.05, 0) is 19.4 Å². The minimum atomic E-state index is 0.267. The van der Waals surface area contributed by atoms with Crippen molar-refractivity contribution in [3.05, 3.63) is 18.0 Å². The van der Waals surface area contributed by atoms with Gasteiger partial charge in [-0.1, -0.05) is 0 Å². The summed E-state index contributed by atoms with van der Waals surface area (Å²) in [5.74, 6) is 0.986. The van der Waals surface area contributed by atoms with E-state index in [2.05, 4.69) is 9.97 Å². The maximum absolute atomic E-state index is 11.5. The Balaban J connectivity index is 1.88. The zero-order valence-electron chi connectivity index (χ0n) is 10.4. The highest BCUT2D eigenvalue weighted by Gasteiger charge is 2.20. The number of likely N-dealkylation sites (N-methyl/N-ethyl adjacent to an activating group) is 1. The van der Waals surface area contributed by atoms with Gasteiger partial charge in [-0.2, -0.15) is 0 Å². The summed E-state index contributed by atoms with van der Waals surface area (Å²) in [6.45, 7) is 4.37. The fourth-order valence-electron chi connectivity index (χ4n) is 1.93. The molecular weight excluding hydrogens is 216 g/mol. The summed E-state index contributed by atoms with van der Waals surface area (Å²) in [6, 6.07) is 1.88. The monoisotopic (exact) mass is 234 g/mol. The summed E-state index contributed by atoms with van der Waals surface area (Å²) >= 11 is 0. The standard InChI is InChI=1S/C12H18N4O/c1-10-5-6-13-12(14-10)15(2)8-9-16-7-3-4-11(16)17/h5-6H,3-4,7-9H2,1-2H3. The Kier molecular flexibility index (Phi) is 3.56. The lowest BCUT2D eigenvalue weighted by atomic mass is 10.4. The lowest BCUT2D eigenvalue weighted by Gasteiger charge is -2.21. The molecule has 0 aliphatic carbocycles. The lowest BCUT2D eigenvalue weighted by Crippen LogP contribution is -2.34. The van der Waals surface area contributed by atoms with Crippen molar-refractivity contribution in [1.29, 1.82) is 0 Å². The number of amides is 1. The largest absolute Gasteiger partial charge is 0.342 e. The molecule has 0 atom stereocenters. The van der Waals surface area contributed by atoms with Gasteiger partial charge in [0.1, 0.15) is 0 Å². The third kappa shape index (κ3) is 2.93. The highest BCUT2D eigenvalue weighted by Crippen LogP contribution is 2.10. The molecule has 92 valence electrons. The first kappa shape index (κ1) is 11.8. The summed E-state index contributed by atoms with van der Waals surface area (Å²) < 4.78 is 0. The molecule has 2 rings (SSSR count). The number of hydrogen-bond acceptors (Lipinski definition) is 4. The van der Waals surface area contributed by atoms with Crippen LogP contribution in [0.3, 0.4) is 0 Å². The molecular formula is C12H18N4O. The van der Waals surface area contributed by atoms with Gasteiger partial charge in [-0.25, -0.2) is 9.97 Å². The van der Waals surface area contributed by atoms with E-state index in [1.807, 2.05) is 29.8 Å². The van der Waals surface area contributed by atoms with Crippen LogP contribution in [0, 0.1) is 6.92 Å². The summed E-state index contributed by atoms with van der Waals surface area (Å²) in [7, 11) is 1.95. The Morgan fingerprint density at radius 3 is 3.00 bits per heavy atom. The van der Waals surface area contributed by atoms with Crippen molar-refractivity contribution in [2.24, 2.45) is 0 Å². The van der Waals surface area contributed by atoms with E-state index in [-0.39, 0.29) is 5.91 Å². The summed E-state index contributed by atoms with van der Waals surface area (Å²) in [5.41, 5.74) is 0.957. The Morgan fingerprint density at radius 2 is 2.35 bits per heavy atom. The SMILES string of the molecule is Cc1ccnc(N(C)CCN2CCCC2=O)n1. The molecule has 1 amide bonds. The van der Waals surface area contributed by atoms with Gasteiger partial charge in [0.05, 0.1) is 0 Å². The van der Waals surface area contributed by atoms with E-state index in [4.69, 9.17) is 0 Å². The number of likely N-dealkylation sites (tertiary alicyclic amines) is 1. The smallest absolute Gasteiger partial charge is 0.225 e. The molecule has 5 nitrogen and oxygen atoms in total. The van der Waals surface area contributed by atoms with E-state index in [0.717, 1.165) is 37.7 Å². The summed E-state index contributed by atoms with van der Waals surface area (Å²) in [6.07, 6.45) is 3.45. The predicted octanol–water partition coefficient (Wildman–Crippen LogP) is 0.844. The molecule has 1 saturated heterocycles. The average Bonchev–Trinajstić information content (AvgIpc) is 2.72. The van der Waals surface area contributed by atoms with Crippen molar-refractivity contribution in [3.8, 4) is 0 Å². The molecule has 5 heteroatoms. The number of aromatic nitrogens is 2. The molecule has 1 fully saturated rings. The fraction of sp³-hybridized carbons (Fsp3) is 0.583. The summed E-state index contributed by atoms with van der Waals surface area (Å²) in [4.78, 5) is 23.9. The molecule has 1 aromatic heterocycles. The van der Waals surface area contributed by atoms with Gasteiger partial charge in [0.2, 0.25) is 11.9 Å². The first-order chi connectivity index (χ1) is 8.16. The Bertz CT molecular complexity index is 407. The number of nitrogens with zero attached hydrogens (tertiary/aromatic N) is 4. The van der Waals surface area contributed by atoms with E-state index in [1.165, 1.54) is 0 Å². The minimum Gasteiger partial charge on any atom is -0.342 e. The van der Waals surface area contributed by atoms with Crippen LogP contribution in [0.2, 0.25) is 0 Å². The van der Waals surface area contributed by atoms with Crippen LogP contribution < -0.4 is 4.90 Å². The van der Waals surface area contributed by atoms with Crippen LogP contribution in [0.4, 0.5) is 5.95 Å². The zero-order valence-corrected chi connectivity index (χ0v) is 10.4. The second-order valence-electron chi connectivity index (χ2n) is 4.40. The van der Waals surface area contributed by atoms with Crippen LogP contribution in [0.15, 0.2) is 12.3 Å². The molecule has 1 aliphatic rings. The Labute approximate surface area is 101 Å². The van der Waals surface area contributed by atoms with Crippen molar-refractivity contribution in [2.75, 3.05) is 31.6 Å². The highest BCUT2D eigenvalue weighted by atomic mass is 16.2. The van der Waals surface area contributed by atoms with Gasteiger partial charge >= 0.3 is 0 Å². The van der Waals surface area contributed by atoms with Crippen LogP contribution in [-0.2, 0) is 4.79 Å². The first-order valence-corrected chi connectivity index (χ1v) is 5.95. The van der Waals surface area contributed by atoms with E-state index in [9.17, 15) is 4.79 Å². The van der Waals surface area contributed by atoms with Gasteiger partial charge in [-0.15, -0.1) is 0 Å². The molecule has 2 heterocycles. The summed E-state index contributed by atoms with van der Waals surface area (Å²) in [5, 5.41) is 0. The number of carbonyl (C=O) groups is 1. The van der Waals surface area contributed by atoms with Crippen LogP contribution in [-0.4, -0.2) is 47.5 Å². The van der Waals surface area contributed by atoms with Crippen molar-refractivity contribution in [2.45, 2.75) is 19.8 Å².